The molecule has 1 saturated heterocycles. The van der Waals surface area contributed by atoms with E-state index in [1.165, 1.54) is 0 Å². The molecule has 1 aliphatic heterocycles. The molecule has 1 aliphatic rings. The van der Waals surface area contributed by atoms with E-state index >= 15 is 0 Å². The molecule has 34 heavy (non-hydrogen) atoms. The lowest BCUT2D eigenvalue weighted by molar-refractivity contribution is -0.127. The van der Waals surface area contributed by atoms with Gasteiger partial charge in [-0.05, 0) is 83.0 Å². The lowest BCUT2D eigenvalue weighted by Crippen LogP contribution is -2.36. The molecule has 2 aromatic rings. The molecule has 2 aromatic carbocycles. The van der Waals surface area contributed by atoms with E-state index in [1.54, 1.807) is 42.5 Å². The molecular weight excluding hydrogens is 544 g/mol. The van der Waals surface area contributed by atoms with Gasteiger partial charge in [0.05, 0.1) is 16.0 Å². The molecule has 1 heterocycles. The molecule has 0 spiro atoms. The summed E-state index contributed by atoms with van der Waals surface area (Å²) in [6.45, 7) is 7.61. The average Bonchev–Trinajstić information content (AvgIpc) is 3.03. The van der Waals surface area contributed by atoms with Gasteiger partial charge < -0.3 is 14.8 Å². The molecule has 0 radical (unpaired) electrons. The summed E-state index contributed by atoms with van der Waals surface area (Å²) in [5.74, 6) is -0.0477. The largest absolute Gasteiger partial charge is 0.490 e. The van der Waals surface area contributed by atoms with Crippen LogP contribution in [-0.2, 0) is 9.59 Å². The number of rotatable bonds is 9. The van der Waals surface area contributed by atoms with Crippen LogP contribution < -0.4 is 14.8 Å². The van der Waals surface area contributed by atoms with Gasteiger partial charge in [0, 0.05) is 10.7 Å². The number of halogens is 2. The minimum absolute atomic E-state index is 0.200. The van der Waals surface area contributed by atoms with Gasteiger partial charge in [0.1, 0.15) is 13.2 Å². The molecular formula is C24H22BrClN2O5S. The fourth-order valence-electron chi connectivity index (χ4n) is 3.07. The van der Waals surface area contributed by atoms with Gasteiger partial charge in [-0.2, -0.15) is 0 Å². The number of nitrogens with one attached hydrogen (secondary N) is 1. The highest BCUT2D eigenvalue weighted by atomic mass is 79.9. The van der Waals surface area contributed by atoms with E-state index in [2.05, 4.69) is 27.8 Å². The third-order valence-electron chi connectivity index (χ3n) is 4.62. The van der Waals surface area contributed by atoms with Crippen LogP contribution in [0.1, 0.15) is 18.1 Å². The molecule has 0 saturated carbocycles. The van der Waals surface area contributed by atoms with Gasteiger partial charge in [-0.3, -0.25) is 19.3 Å². The summed E-state index contributed by atoms with van der Waals surface area (Å²) >= 11 is 10.2. The van der Waals surface area contributed by atoms with Gasteiger partial charge in [-0.15, -0.1) is 0 Å². The maximum Gasteiger partial charge on any atom is 0.294 e. The first kappa shape index (κ1) is 25.9. The zero-order valence-electron chi connectivity index (χ0n) is 18.5. The Labute approximate surface area is 215 Å². The molecule has 0 bridgehead atoms. The normalized spacial score (nSPS) is 14.5. The van der Waals surface area contributed by atoms with Gasteiger partial charge >= 0.3 is 0 Å². The van der Waals surface area contributed by atoms with E-state index < -0.39 is 23.6 Å². The number of hydrogen-bond donors (Lipinski definition) is 1. The van der Waals surface area contributed by atoms with Crippen molar-refractivity contribution in [2.75, 3.05) is 25.1 Å². The van der Waals surface area contributed by atoms with Crippen LogP contribution in [0.15, 0.2) is 52.4 Å². The predicted octanol–water partition coefficient (Wildman–Crippen LogP) is 6.05. The van der Waals surface area contributed by atoms with E-state index in [0.29, 0.717) is 45.5 Å². The first-order chi connectivity index (χ1) is 16.2. The monoisotopic (exact) mass is 564 g/mol. The minimum atomic E-state index is -0.547. The van der Waals surface area contributed by atoms with E-state index in [9.17, 15) is 14.4 Å². The number of ether oxygens (including phenoxy) is 2. The van der Waals surface area contributed by atoms with Gasteiger partial charge in [0.15, 0.2) is 11.5 Å². The molecule has 178 valence electrons. The fourth-order valence-corrected chi connectivity index (χ4v) is 4.65. The summed E-state index contributed by atoms with van der Waals surface area (Å²) < 4.78 is 12.0. The Balaban J connectivity index is 1.78. The Bertz CT molecular complexity index is 1180. The number of nitrogens with zero attached hydrogens (tertiary/aromatic N) is 1. The van der Waals surface area contributed by atoms with Gasteiger partial charge in [0.2, 0.25) is 5.91 Å². The van der Waals surface area contributed by atoms with E-state index in [0.717, 1.165) is 22.2 Å². The van der Waals surface area contributed by atoms with Crippen molar-refractivity contribution in [1.29, 1.82) is 0 Å². The van der Waals surface area contributed by atoms with Crippen molar-refractivity contribution in [3.05, 3.63) is 68.5 Å². The summed E-state index contributed by atoms with van der Waals surface area (Å²) in [7, 11) is 0. The minimum Gasteiger partial charge on any atom is -0.490 e. The summed E-state index contributed by atoms with van der Waals surface area (Å²) in [5.41, 5.74) is 1.96. The van der Waals surface area contributed by atoms with Crippen LogP contribution in [0, 0.1) is 6.92 Å². The average molecular weight is 566 g/mol. The standard InChI is InChI=1S/C24H22BrClN2O5S/c1-4-8-33-22-17(25)9-15(10-19(22)32-5-2)11-20-23(30)28(24(31)34-20)13-21(29)27-18-12-16(26)7-6-14(18)3/h4,6-7,9-12H,1,5,8,13H2,2-3H3,(H,27,29)/b20-11+. The van der Waals surface area contributed by atoms with Crippen molar-refractivity contribution >= 4 is 68.1 Å². The van der Waals surface area contributed by atoms with Gasteiger partial charge in [0.25, 0.3) is 11.1 Å². The fraction of sp³-hybridized carbons (Fsp3) is 0.208. The molecule has 10 heteroatoms. The number of aryl methyl sites for hydroxylation is 1. The Morgan fingerprint density at radius 1 is 1.26 bits per heavy atom. The molecule has 0 unspecified atom stereocenters. The number of anilines is 1. The van der Waals surface area contributed by atoms with Gasteiger partial charge in [-0.25, -0.2) is 0 Å². The predicted molar refractivity (Wildman–Crippen MR) is 138 cm³/mol. The second-order valence-corrected chi connectivity index (χ2v) is 9.42. The van der Waals surface area contributed by atoms with Crippen LogP contribution >= 0.6 is 39.3 Å². The summed E-state index contributed by atoms with van der Waals surface area (Å²) in [4.78, 5) is 38.9. The first-order valence-electron chi connectivity index (χ1n) is 10.2. The number of amides is 3. The maximum absolute atomic E-state index is 12.9. The quantitative estimate of drug-likeness (QED) is 0.294. The van der Waals surface area contributed by atoms with Gasteiger partial charge in [-0.1, -0.05) is 30.3 Å². The first-order valence-corrected chi connectivity index (χ1v) is 12.2. The Morgan fingerprint density at radius 3 is 2.74 bits per heavy atom. The molecule has 3 rings (SSSR count). The van der Waals surface area contributed by atoms with Crippen LogP contribution in [0.2, 0.25) is 5.02 Å². The van der Waals surface area contributed by atoms with Crippen molar-refractivity contribution < 1.29 is 23.9 Å². The Hall–Kier alpha value is -2.75. The van der Waals surface area contributed by atoms with Crippen LogP contribution in [0.5, 0.6) is 11.5 Å². The van der Waals surface area contributed by atoms with E-state index in [4.69, 9.17) is 21.1 Å². The highest BCUT2D eigenvalue weighted by Gasteiger charge is 2.36. The van der Waals surface area contributed by atoms with Crippen molar-refractivity contribution in [3.63, 3.8) is 0 Å². The van der Waals surface area contributed by atoms with E-state index in [-0.39, 0.29) is 4.91 Å². The van der Waals surface area contributed by atoms with E-state index in [1.807, 2.05) is 13.8 Å². The smallest absolute Gasteiger partial charge is 0.294 e. The molecule has 3 amide bonds. The van der Waals surface area contributed by atoms with Crippen molar-refractivity contribution in [1.82, 2.24) is 4.90 Å². The number of hydrogen-bond acceptors (Lipinski definition) is 6. The molecule has 0 aromatic heterocycles. The molecule has 7 nitrogen and oxygen atoms in total. The topological polar surface area (TPSA) is 84.9 Å². The van der Waals surface area contributed by atoms with Crippen molar-refractivity contribution in [2.45, 2.75) is 13.8 Å². The number of thioether (sulfide) groups is 1. The zero-order valence-corrected chi connectivity index (χ0v) is 21.7. The molecule has 0 aliphatic carbocycles. The third-order valence-corrected chi connectivity index (χ3v) is 6.36. The number of benzene rings is 2. The second-order valence-electron chi connectivity index (χ2n) is 7.14. The Kier molecular flexibility index (Phi) is 8.82. The summed E-state index contributed by atoms with van der Waals surface area (Å²) in [5, 5.41) is 2.64. The van der Waals surface area contributed by atoms with Crippen molar-refractivity contribution in [3.8, 4) is 11.5 Å². The highest BCUT2D eigenvalue weighted by Crippen LogP contribution is 2.39. The Morgan fingerprint density at radius 2 is 2.03 bits per heavy atom. The van der Waals surface area contributed by atoms with Crippen LogP contribution in [-0.4, -0.2) is 41.7 Å². The third kappa shape index (κ3) is 6.22. The number of carbonyl (C=O) groups excluding carboxylic acids is 3. The summed E-state index contributed by atoms with van der Waals surface area (Å²) in [6, 6.07) is 8.56. The number of carbonyl (C=O) groups is 3. The molecule has 0 atom stereocenters. The number of imide groups is 1. The second kappa shape index (κ2) is 11.6. The van der Waals surface area contributed by atoms with Crippen LogP contribution in [0.3, 0.4) is 0 Å². The molecule has 1 fully saturated rings. The van der Waals surface area contributed by atoms with Crippen molar-refractivity contribution in [2.24, 2.45) is 0 Å². The van der Waals surface area contributed by atoms with Crippen LogP contribution in [0.4, 0.5) is 10.5 Å². The maximum atomic E-state index is 12.9. The summed E-state index contributed by atoms with van der Waals surface area (Å²) in [6.07, 6.45) is 3.20. The lowest BCUT2D eigenvalue weighted by Gasteiger charge is -2.14. The molecule has 1 N–H and O–H groups in total. The zero-order chi connectivity index (χ0) is 24.8. The van der Waals surface area contributed by atoms with Crippen LogP contribution in [0.25, 0.3) is 6.08 Å². The lowest BCUT2D eigenvalue weighted by atomic mass is 10.1. The highest BCUT2D eigenvalue weighted by molar-refractivity contribution is 9.10. The SMILES string of the molecule is C=CCOc1c(Br)cc(/C=C2/SC(=O)N(CC(=O)Nc3cc(Cl)ccc3C)C2=O)cc1OCC.